The molecule has 3 aromatic rings. The van der Waals surface area contributed by atoms with Crippen molar-refractivity contribution >= 4 is 45.0 Å². The Kier molecular flexibility index (Phi) is 4.65. The van der Waals surface area contributed by atoms with E-state index in [9.17, 15) is 23.8 Å². The molecule has 1 N–H and O–H groups in total. The van der Waals surface area contributed by atoms with E-state index in [1.165, 1.54) is 34.9 Å². The molecule has 0 bridgehead atoms. The Morgan fingerprint density at radius 1 is 1.30 bits per heavy atom. The highest BCUT2D eigenvalue weighted by atomic mass is 32.2. The average Bonchev–Trinajstić information content (AvgIpc) is 2.94. The molecule has 0 spiro atoms. The smallest absolute Gasteiger partial charge is 0.271 e. The van der Waals surface area contributed by atoms with Gasteiger partial charge in [0.25, 0.3) is 5.69 Å². The summed E-state index contributed by atoms with van der Waals surface area (Å²) in [5, 5.41) is 20.4. The molecule has 0 saturated heterocycles. The van der Waals surface area contributed by atoms with Gasteiger partial charge in [-0.3, -0.25) is 14.7 Å². The van der Waals surface area contributed by atoms with Crippen molar-refractivity contribution in [2.24, 2.45) is 0 Å². The number of nitro groups is 1. The lowest BCUT2D eigenvalue weighted by Gasteiger charge is -2.04. The Morgan fingerprint density at radius 3 is 2.56 bits per heavy atom. The number of nitrogens with one attached hydrogen (secondary N) is 1. The molecular weight excluding hydrogens is 388 g/mol. The minimum atomic E-state index is -4.07. The number of sulfone groups is 1. The number of fused-ring (bicyclic) bond motifs is 1. The normalized spacial score (nSPS) is 12.1. The summed E-state index contributed by atoms with van der Waals surface area (Å²) in [7, 11) is -4.07. The second-order valence-electron chi connectivity index (χ2n) is 5.68. The van der Waals surface area contributed by atoms with E-state index >= 15 is 0 Å². The molecule has 3 rings (SSSR count). The molecule has 136 valence electrons. The summed E-state index contributed by atoms with van der Waals surface area (Å²) in [4.78, 5) is 12.7. The van der Waals surface area contributed by atoms with Crippen LogP contribution in [0, 0.1) is 33.1 Å². The number of allylic oxidation sites excluding steroid dienone is 1. The highest BCUT2D eigenvalue weighted by Crippen LogP contribution is 2.24. The molecule has 1 aromatic heterocycles. The third-order valence-electron chi connectivity index (χ3n) is 3.89. The molecule has 0 amide bonds. The second kappa shape index (κ2) is 6.79. The Morgan fingerprint density at radius 2 is 1.96 bits per heavy atom. The highest BCUT2D eigenvalue weighted by Gasteiger charge is 2.22. The number of rotatable bonds is 4. The first-order valence-electron chi connectivity index (χ1n) is 7.56. The van der Waals surface area contributed by atoms with Gasteiger partial charge in [0.15, 0.2) is 9.68 Å². The summed E-state index contributed by atoms with van der Waals surface area (Å²) in [6.07, 6.45) is 1.07. The first-order valence-corrected chi connectivity index (χ1v) is 9.45. The maximum Gasteiger partial charge on any atom is 0.271 e. The minimum absolute atomic E-state index is 0.0294. The van der Waals surface area contributed by atoms with E-state index in [0.717, 1.165) is 11.8 Å². The molecular formula is C17H12N4O4S2. The van der Waals surface area contributed by atoms with E-state index < -0.39 is 19.7 Å². The molecule has 0 fully saturated rings. The lowest BCUT2D eigenvalue weighted by atomic mass is 10.2. The predicted octanol–water partition coefficient (Wildman–Crippen LogP) is 3.71. The van der Waals surface area contributed by atoms with E-state index in [-0.39, 0.29) is 15.4 Å². The standard InChI is InChI=1S/C17H12N4O4S2/c1-11-2-5-13(6-3-11)27(24,25)14(9-18)10-20-16-8-12(21(22)23)4-7-15(16)19-17(20)26/h2-8,10H,1H3,(H,19,26)/b14-10+. The zero-order chi connectivity index (χ0) is 19.8. The number of nitrogens with zero attached hydrogens (tertiary/aromatic N) is 3. The van der Waals surface area contributed by atoms with Crippen LogP contribution < -0.4 is 0 Å². The zero-order valence-electron chi connectivity index (χ0n) is 13.9. The Bertz CT molecular complexity index is 1290. The molecule has 1 heterocycles. The Balaban J connectivity index is 2.22. The summed E-state index contributed by atoms with van der Waals surface area (Å²) in [6.45, 7) is 1.82. The van der Waals surface area contributed by atoms with Crippen LogP contribution in [0.3, 0.4) is 0 Å². The average molecular weight is 400 g/mol. The maximum atomic E-state index is 12.8. The molecule has 2 aromatic carbocycles. The van der Waals surface area contributed by atoms with Gasteiger partial charge in [0.1, 0.15) is 6.07 Å². The number of non-ortho nitro benzene ring substituents is 1. The number of nitriles is 1. The first-order chi connectivity index (χ1) is 12.7. The Hall–Kier alpha value is -3.29. The lowest BCUT2D eigenvalue weighted by molar-refractivity contribution is -0.384. The summed E-state index contributed by atoms with van der Waals surface area (Å²) < 4.78 is 26.9. The van der Waals surface area contributed by atoms with Crippen LogP contribution in [0.15, 0.2) is 52.3 Å². The molecule has 0 aliphatic heterocycles. The number of aromatic nitrogens is 2. The van der Waals surface area contributed by atoms with Crippen molar-refractivity contribution in [2.45, 2.75) is 11.8 Å². The lowest BCUT2D eigenvalue weighted by Crippen LogP contribution is -2.05. The zero-order valence-corrected chi connectivity index (χ0v) is 15.5. The van der Waals surface area contributed by atoms with Crippen molar-refractivity contribution in [1.29, 1.82) is 5.26 Å². The minimum Gasteiger partial charge on any atom is -0.330 e. The maximum absolute atomic E-state index is 12.8. The van der Waals surface area contributed by atoms with Crippen LogP contribution in [0.25, 0.3) is 17.2 Å². The number of aromatic amines is 1. The summed E-state index contributed by atoms with van der Waals surface area (Å²) in [5.74, 6) is 0. The van der Waals surface area contributed by atoms with E-state index in [0.29, 0.717) is 11.0 Å². The van der Waals surface area contributed by atoms with Crippen LogP contribution in [0.4, 0.5) is 5.69 Å². The van der Waals surface area contributed by atoms with Crippen LogP contribution in [0.2, 0.25) is 0 Å². The molecule has 0 radical (unpaired) electrons. The number of hydrogen-bond acceptors (Lipinski definition) is 6. The van der Waals surface area contributed by atoms with Crippen molar-refractivity contribution < 1.29 is 13.3 Å². The van der Waals surface area contributed by atoms with Gasteiger partial charge in [-0.05, 0) is 37.3 Å². The number of aryl methyl sites for hydroxylation is 1. The molecule has 0 saturated carbocycles. The Labute approximate surface area is 159 Å². The first kappa shape index (κ1) is 18.5. The van der Waals surface area contributed by atoms with Gasteiger partial charge in [0.05, 0.1) is 20.9 Å². The van der Waals surface area contributed by atoms with E-state index in [1.54, 1.807) is 18.2 Å². The number of hydrogen-bond donors (Lipinski definition) is 1. The SMILES string of the molecule is Cc1ccc(S(=O)(=O)/C(C#N)=C/n2c(=S)[nH]c3ccc([N+](=O)[O-])cc32)cc1. The van der Waals surface area contributed by atoms with Crippen molar-refractivity contribution in [3.8, 4) is 6.07 Å². The van der Waals surface area contributed by atoms with Crippen LogP contribution in [0.1, 0.15) is 5.56 Å². The van der Waals surface area contributed by atoms with Crippen molar-refractivity contribution in [1.82, 2.24) is 9.55 Å². The van der Waals surface area contributed by atoms with Crippen molar-refractivity contribution in [2.75, 3.05) is 0 Å². The van der Waals surface area contributed by atoms with E-state index in [2.05, 4.69) is 4.98 Å². The number of nitro benzene ring substituents is 1. The summed E-state index contributed by atoms with van der Waals surface area (Å²) in [5.41, 5.74) is 1.47. The molecule has 0 unspecified atom stereocenters. The van der Waals surface area contributed by atoms with Gasteiger partial charge in [-0.25, -0.2) is 8.42 Å². The van der Waals surface area contributed by atoms with Crippen molar-refractivity contribution in [3.63, 3.8) is 0 Å². The summed E-state index contributed by atoms with van der Waals surface area (Å²) >= 11 is 5.17. The molecule has 0 atom stereocenters. The molecule has 8 nitrogen and oxygen atoms in total. The third-order valence-corrected chi connectivity index (χ3v) is 5.86. The monoisotopic (exact) mass is 400 g/mol. The molecule has 0 aliphatic rings. The van der Waals surface area contributed by atoms with Crippen LogP contribution >= 0.6 is 12.2 Å². The molecule has 0 aliphatic carbocycles. The highest BCUT2D eigenvalue weighted by molar-refractivity contribution is 7.95. The molecule has 27 heavy (non-hydrogen) atoms. The fraction of sp³-hybridized carbons (Fsp3) is 0.0588. The quantitative estimate of drug-likeness (QED) is 0.308. The summed E-state index contributed by atoms with van der Waals surface area (Å²) in [6, 6.07) is 11.8. The topological polar surface area (TPSA) is 122 Å². The second-order valence-corrected chi connectivity index (χ2v) is 7.99. The van der Waals surface area contributed by atoms with Gasteiger partial charge in [-0.1, -0.05) is 17.7 Å². The molecule has 10 heteroatoms. The predicted molar refractivity (Wildman–Crippen MR) is 102 cm³/mol. The van der Waals surface area contributed by atoms with Crippen molar-refractivity contribution in [3.05, 3.63) is 67.8 Å². The van der Waals surface area contributed by atoms with Crippen LogP contribution in [-0.4, -0.2) is 22.9 Å². The van der Waals surface area contributed by atoms with Gasteiger partial charge in [-0.15, -0.1) is 0 Å². The number of imidazole rings is 1. The number of H-pyrrole nitrogens is 1. The fourth-order valence-corrected chi connectivity index (χ4v) is 3.85. The van der Waals surface area contributed by atoms with Gasteiger partial charge < -0.3 is 4.98 Å². The van der Waals surface area contributed by atoms with E-state index in [1.807, 2.05) is 6.92 Å². The largest absolute Gasteiger partial charge is 0.330 e. The fourth-order valence-electron chi connectivity index (χ4n) is 2.47. The van der Waals surface area contributed by atoms with Gasteiger partial charge in [-0.2, -0.15) is 5.26 Å². The number of benzene rings is 2. The van der Waals surface area contributed by atoms with Gasteiger partial charge in [0.2, 0.25) is 9.84 Å². The van der Waals surface area contributed by atoms with Gasteiger partial charge >= 0.3 is 0 Å². The van der Waals surface area contributed by atoms with Gasteiger partial charge in [0, 0.05) is 18.3 Å². The van der Waals surface area contributed by atoms with Crippen LogP contribution in [0.5, 0.6) is 0 Å². The van der Waals surface area contributed by atoms with E-state index in [4.69, 9.17) is 12.2 Å². The van der Waals surface area contributed by atoms with Crippen LogP contribution in [-0.2, 0) is 9.84 Å². The third kappa shape index (κ3) is 3.38.